The van der Waals surface area contributed by atoms with Gasteiger partial charge in [0.05, 0.1) is 0 Å². The summed E-state index contributed by atoms with van der Waals surface area (Å²) in [4.78, 5) is 4.63. The van der Waals surface area contributed by atoms with Crippen LogP contribution in [0.25, 0.3) is 10.8 Å². The van der Waals surface area contributed by atoms with Crippen LogP contribution in [0.5, 0.6) is 23.0 Å². The number of benzene rings is 7. The van der Waals surface area contributed by atoms with E-state index in [4.69, 9.17) is 9.47 Å². The number of fused-ring (bicyclic) bond motifs is 11. The van der Waals surface area contributed by atoms with Crippen LogP contribution in [0.4, 0.5) is 28.4 Å². The van der Waals surface area contributed by atoms with E-state index in [0.717, 1.165) is 78.6 Å². The van der Waals surface area contributed by atoms with Crippen molar-refractivity contribution >= 4 is 85.4 Å². The largest absolute Gasteiger partial charge is 0.458 e. The summed E-state index contributed by atoms with van der Waals surface area (Å²) in [6.07, 6.45) is 5.70. The number of anilines is 5. The molecule has 4 aliphatic heterocycles. The first-order valence-corrected chi connectivity index (χ1v) is 17.7. The molecule has 7 aromatic rings. The van der Waals surface area contributed by atoms with Crippen LogP contribution >= 0.6 is 0 Å². The fourth-order valence-electron chi connectivity index (χ4n) is 9.07. The summed E-state index contributed by atoms with van der Waals surface area (Å²) in [7, 11) is 0. The average Bonchev–Trinajstić information content (AvgIpc) is 3.20. The molecule has 4 nitrogen and oxygen atoms in total. The third kappa shape index (κ3) is 3.84. The van der Waals surface area contributed by atoms with Crippen LogP contribution in [0.2, 0.25) is 0 Å². The first kappa shape index (κ1) is 29.1. The molecule has 4 heterocycles. The molecule has 0 N–H and O–H groups in total. The van der Waals surface area contributed by atoms with Crippen molar-refractivity contribution in [3.8, 4) is 23.0 Å². The Morgan fingerprint density at radius 1 is 0.500 bits per heavy atom. The molecule has 52 heavy (non-hydrogen) atoms. The number of rotatable bonds is 4. The highest BCUT2D eigenvalue weighted by molar-refractivity contribution is 7.00. The normalized spacial score (nSPS) is 14.2. The van der Waals surface area contributed by atoms with Crippen LogP contribution in [0.1, 0.15) is 0 Å². The summed E-state index contributed by atoms with van der Waals surface area (Å²) in [6.45, 7) is 8.14. The molecular weight excluding hydrogens is 634 g/mol. The zero-order valence-electron chi connectivity index (χ0n) is 28.3. The first-order chi connectivity index (χ1) is 25.7. The Morgan fingerprint density at radius 3 is 1.67 bits per heavy atom. The van der Waals surface area contributed by atoms with Gasteiger partial charge in [-0.3, -0.25) is 0 Å². The number of ether oxygens (including phenoxy) is 2. The fourth-order valence-corrected chi connectivity index (χ4v) is 9.07. The minimum Gasteiger partial charge on any atom is -0.458 e. The molecule has 0 atom stereocenters. The lowest BCUT2D eigenvalue weighted by atomic mass is 9.33. The van der Waals surface area contributed by atoms with Gasteiger partial charge in [0.25, 0.3) is 13.4 Å². The second-order valence-corrected chi connectivity index (χ2v) is 13.7. The van der Waals surface area contributed by atoms with Crippen molar-refractivity contribution in [1.82, 2.24) is 0 Å². The molecule has 0 aliphatic carbocycles. The number of para-hydroxylation sites is 3. The Hall–Kier alpha value is -6.65. The van der Waals surface area contributed by atoms with E-state index >= 15 is 0 Å². The van der Waals surface area contributed by atoms with E-state index in [1.165, 1.54) is 22.1 Å². The summed E-state index contributed by atoms with van der Waals surface area (Å²) in [5.41, 5.74) is 13.8. The van der Waals surface area contributed by atoms with Gasteiger partial charge in [-0.15, -0.1) is 0 Å². The van der Waals surface area contributed by atoms with Gasteiger partial charge in [0.15, 0.2) is 0 Å². The summed E-state index contributed by atoms with van der Waals surface area (Å²) in [5, 5.41) is 2.09. The highest BCUT2D eigenvalue weighted by Crippen LogP contribution is 2.45. The second kappa shape index (κ2) is 10.9. The average molecular weight is 664 g/mol. The van der Waals surface area contributed by atoms with Crippen molar-refractivity contribution in [2.45, 2.75) is 0 Å². The Labute approximate surface area is 303 Å². The lowest BCUT2D eigenvalue weighted by Crippen LogP contribution is -2.60. The van der Waals surface area contributed by atoms with Gasteiger partial charge in [-0.2, -0.15) is 0 Å². The van der Waals surface area contributed by atoms with Crippen molar-refractivity contribution < 1.29 is 9.47 Å². The molecule has 0 spiro atoms. The Bertz CT molecular complexity index is 2720. The van der Waals surface area contributed by atoms with Crippen LogP contribution in [0.3, 0.4) is 0 Å². The molecule has 11 rings (SSSR count). The van der Waals surface area contributed by atoms with Crippen LogP contribution in [-0.4, -0.2) is 13.4 Å². The zero-order valence-corrected chi connectivity index (χ0v) is 28.3. The third-order valence-electron chi connectivity index (χ3n) is 11.1. The second-order valence-electron chi connectivity index (χ2n) is 13.7. The predicted octanol–water partition coefficient (Wildman–Crippen LogP) is 7.57. The summed E-state index contributed by atoms with van der Waals surface area (Å²) in [5.74, 6) is 3.52. The van der Waals surface area contributed by atoms with Gasteiger partial charge in [0, 0.05) is 44.9 Å². The van der Waals surface area contributed by atoms with Crippen molar-refractivity contribution in [2.75, 3.05) is 9.80 Å². The van der Waals surface area contributed by atoms with Crippen LogP contribution in [0, 0.1) is 0 Å². The minimum atomic E-state index is -0.00368. The van der Waals surface area contributed by atoms with Gasteiger partial charge < -0.3 is 19.3 Å². The molecular formula is C46H30B2N2O2. The SMILES string of the molecule is C=C/C=C(\C=C)N1c2ccccc2B2c3ccc4c5c(ccc4c3Oc3cccc1c32)B1c2ccccc2N(c2ccccc2)c2cccc(c21)O5. The molecule has 6 heteroatoms. The summed E-state index contributed by atoms with van der Waals surface area (Å²) >= 11 is 0. The van der Waals surface area contributed by atoms with E-state index in [0.29, 0.717) is 0 Å². The maximum absolute atomic E-state index is 7.00. The Morgan fingerprint density at radius 2 is 1.04 bits per heavy atom. The van der Waals surface area contributed by atoms with Gasteiger partial charge in [-0.25, -0.2) is 0 Å². The van der Waals surface area contributed by atoms with Crippen molar-refractivity contribution in [2.24, 2.45) is 0 Å². The topological polar surface area (TPSA) is 24.9 Å². The highest BCUT2D eigenvalue weighted by Gasteiger charge is 2.44. The predicted molar refractivity (Wildman–Crippen MR) is 218 cm³/mol. The van der Waals surface area contributed by atoms with E-state index in [-0.39, 0.29) is 13.4 Å². The van der Waals surface area contributed by atoms with Crippen LogP contribution in [0.15, 0.2) is 177 Å². The molecule has 0 radical (unpaired) electrons. The van der Waals surface area contributed by atoms with Gasteiger partial charge in [0.2, 0.25) is 0 Å². The van der Waals surface area contributed by atoms with Crippen LogP contribution in [-0.2, 0) is 0 Å². The summed E-state index contributed by atoms with van der Waals surface area (Å²) in [6, 6.07) is 49.8. The maximum Gasteiger partial charge on any atom is 0.256 e. The van der Waals surface area contributed by atoms with Gasteiger partial charge in [0.1, 0.15) is 23.0 Å². The summed E-state index contributed by atoms with van der Waals surface area (Å²) < 4.78 is 14.0. The molecule has 0 aromatic heterocycles. The van der Waals surface area contributed by atoms with Gasteiger partial charge in [-0.1, -0.05) is 110 Å². The molecule has 7 aromatic carbocycles. The fraction of sp³-hybridized carbons (Fsp3) is 0. The quantitative estimate of drug-likeness (QED) is 0.143. The lowest BCUT2D eigenvalue weighted by Gasteiger charge is -2.41. The maximum atomic E-state index is 7.00. The lowest BCUT2D eigenvalue weighted by molar-refractivity contribution is 0.488. The van der Waals surface area contributed by atoms with E-state index in [9.17, 15) is 0 Å². The van der Waals surface area contributed by atoms with Crippen LogP contribution < -0.4 is 52.1 Å². The molecule has 0 fully saturated rings. The van der Waals surface area contributed by atoms with E-state index in [1.807, 2.05) is 18.2 Å². The number of hydrogen-bond acceptors (Lipinski definition) is 4. The number of nitrogens with zero attached hydrogens (tertiary/aromatic N) is 2. The molecule has 242 valence electrons. The molecule has 0 saturated heterocycles. The van der Waals surface area contributed by atoms with Crippen molar-refractivity contribution in [3.05, 3.63) is 177 Å². The molecule has 0 saturated carbocycles. The Balaban J connectivity index is 1.11. The van der Waals surface area contributed by atoms with Gasteiger partial charge in [-0.05, 0) is 93.5 Å². The van der Waals surface area contributed by atoms with E-state index < -0.39 is 0 Å². The molecule has 0 unspecified atom stereocenters. The van der Waals surface area contributed by atoms with Crippen molar-refractivity contribution in [1.29, 1.82) is 0 Å². The highest BCUT2D eigenvalue weighted by atomic mass is 16.5. The van der Waals surface area contributed by atoms with Gasteiger partial charge >= 0.3 is 0 Å². The minimum absolute atomic E-state index is 0.00368. The zero-order chi connectivity index (χ0) is 34.5. The third-order valence-corrected chi connectivity index (χ3v) is 11.1. The molecule has 0 bridgehead atoms. The molecule has 0 amide bonds. The van der Waals surface area contributed by atoms with E-state index in [2.05, 4.69) is 162 Å². The monoisotopic (exact) mass is 664 g/mol. The number of hydrogen-bond donors (Lipinski definition) is 0. The number of allylic oxidation sites excluding steroid dienone is 3. The Kier molecular flexibility index (Phi) is 6.12. The van der Waals surface area contributed by atoms with Crippen molar-refractivity contribution in [3.63, 3.8) is 0 Å². The standard InChI is InChI=1S/C46H30B2N2O2/c1-3-14-29(4-2)49-37-19-10-8-17-33(37)47-35-27-25-32-31(45(35)51-41-23-12-21-39(49)43(41)47)26-28-36-46(32)52-42-24-13-22-40-44(42)48(36)34-18-9-11-20-38(34)50(40)30-15-6-5-7-16-30/h3-28H,1-2H2/b29-14+. The molecule has 4 aliphatic rings. The first-order valence-electron chi connectivity index (χ1n) is 17.7. The van der Waals surface area contributed by atoms with E-state index in [1.54, 1.807) is 0 Å². The smallest absolute Gasteiger partial charge is 0.256 e.